The van der Waals surface area contributed by atoms with E-state index in [-0.39, 0.29) is 0 Å². The lowest BCUT2D eigenvalue weighted by atomic mass is 10.1. The van der Waals surface area contributed by atoms with Gasteiger partial charge in [-0.15, -0.1) is 0 Å². The van der Waals surface area contributed by atoms with Crippen molar-refractivity contribution in [1.82, 2.24) is 5.16 Å². The minimum absolute atomic E-state index is 0.943. The molecule has 0 amide bonds. The summed E-state index contributed by atoms with van der Waals surface area (Å²) in [6.07, 6.45) is 3.16. The average Bonchev–Trinajstić information content (AvgIpc) is 2.47. The first-order chi connectivity index (χ1) is 6.21. The Morgan fingerprint density at radius 2 is 1.62 bits per heavy atom. The molecule has 0 unspecified atom stereocenters. The van der Waals surface area contributed by atoms with Crippen molar-refractivity contribution < 1.29 is 4.52 Å². The molecule has 2 nitrogen and oxygen atoms in total. The lowest BCUT2D eigenvalue weighted by Crippen LogP contribution is -1.84. The molecule has 1 aromatic heterocycles. The maximum atomic E-state index is 5.09. The number of nitrogens with zero attached hydrogens (tertiary/aromatic N) is 1. The molecule has 0 N–H and O–H groups in total. The topological polar surface area (TPSA) is 26.0 Å². The molecular weight excluding hydrogens is 162 g/mol. The average molecular weight is 183 g/mol. The molecule has 2 heteroatoms. The van der Waals surface area contributed by atoms with Crippen molar-refractivity contribution in [3.8, 4) is 0 Å². The van der Waals surface area contributed by atoms with Crippen molar-refractivity contribution in [2.24, 2.45) is 0 Å². The zero-order chi connectivity index (χ0) is 10.3. The van der Waals surface area contributed by atoms with Crippen molar-refractivity contribution >= 4 is 0 Å². The van der Waals surface area contributed by atoms with Crippen LogP contribution in [0.1, 0.15) is 51.1 Å². The molecule has 76 valence electrons. The van der Waals surface area contributed by atoms with E-state index in [4.69, 9.17) is 4.52 Å². The summed E-state index contributed by atoms with van der Waals surface area (Å²) in [4.78, 5) is 0. The molecule has 0 fully saturated rings. The lowest BCUT2D eigenvalue weighted by Gasteiger charge is -1.89. The van der Waals surface area contributed by atoms with Crippen molar-refractivity contribution in [3.05, 3.63) is 17.0 Å². The molecule has 0 aliphatic rings. The molecule has 1 aromatic rings. The molecule has 13 heavy (non-hydrogen) atoms. The summed E-state index contributed by atoms with van der Waals surface area (Å²) in [7, 11) is 0. The lowest BCUT2D eigenvalue weighted by molar-refractivity contribution is 0.380. The number of hydrogen-bond donors (Lipinski definition) is 0. The van der Waals surface area contributed by atoms with Crippen LogP contribution < -0.4 is 0 Å². The first-order valence-corrected chi connectivity index (χ1v) is 5.15. The Balaban J connectivity index is 0.000000424. The van der Waals surface area contributed by atoms with Crippen LogP contribution in [0.5, 0.6) is 0 Å². The standard InChI is InChI=1S/C8H13NO.C3H8/c1-4-7-6(3)8(5-2)10-9-7;1-3-2/h4-5H2,1-3H3;3H2,1-2H3. The first-order valence-electron chi connectivity index (χ1n) is 5.15. The maximum absolute atomic E-state index is 5.09. The van der Waals surface area contributed by atoms with Gasteiger partial charge in [-0.25, -0.2) is 0 Å². The fraction of sp³-hybridized carbons (Fsp3) is 0.727. The minimum atomic E-state index is 0.943. The van der Waals surface area contributed by atoms with E-state index in [1.165, 1.54) is 12.0 Å². The van der Waals surface area contributed by atoms with Gasteiger partial charge in [-0.2, -0.15) is 0 Å². The second-order valence-electron chi connectivity index (χ2n) is 3.09. The van der Waals surface area contributed by atoms with Gasteiger partial charge in [0.05, 0.1) is 5.69 Å². The first kappa shape index (κ1) is 12.2. The Morgan fingerprint density at radius 1 is 1.08 bits per heavy atom. The van der Waals surface area contributed by atoms with E-state index in [9.17, 15) is 0 Å². The number of aromatic nitrogens is 1. The van der Waals surface area contributed by atoms with Crippen LogP contribution in [-0.4, -0.2) is 5.16 Å². The minimum Gasteiger partial charge on any atom is -0.361 e. The monoisotopic (exact) mass is 183 g/mol. The fourth-order valence-corrected chi connectivity index (χ4v) is 1.07. The Hall–Kier alpha value is -0.790. The van der Waals surface area contributed by atoms with E-state index in [0.717, 1.165) is 24.3 Å². The largest absolute Gasteiger partial charge is 0.361 e. The van der Waals surface area contributed by atoms with Gasteiger partial charge in [0.2, 0.25) is 0 Å². The van der Waals surface area contributed by atoms with Gasteiger partial charge in [0, 0.05) is 12.0 Å². The zero-order valence-electron chi connectivity index (χ0n) is 9.48. The number of rotatable bonds is 2. The number of aryl methyl sites for hydroxylation is 2. The van der Waals surface area contributed by atoms with Crippen LogP contribution in [0.3, 0.4) is 0 Å². The summed E-state index contributed by atoms with van der Waals surface area (Å²) >= 11 is 0. The number of hydrogen-bond acceptors (Lipinski definition) is 2. The van der Waals surface area contributed by atoms with Gasteiger partial charge < -0.3 is 4.52 Å². The summed E-state index contributed by atoms with van der Waals surface area (Å²) < 4.78 is 5.09. The van der Waals surface area contributed by atoms with Crippen LogP contribution in [0.2, 0.25) is 0 Å². The van der Waals surface area contributed by atoms with Gasteiger partial charge in [0.25, 0.3) is 0 Å². The van der Waals surface area contributed by atoms with E-state index < -0.39 is 0 Å². The van der Waals surface area contributed by atoms with Crippen molar-refractivity contribution in [2.75, 3.05) is 0 Å². The molecule has 0 bridgehead atoms. The van der Waals surface area contributed by atoms with E-state index in [0.29, 0.717) is 0 Å². The summed E-state index contributed by atoms with van der Waals surface area (Å²) in [5, 5.41) is 3.93. The van der Waals surface area contributed by atoms with Gasteiger partial charge in [0.15, 0.2) is 0 Å². The van der Waals surface area contributed by atoms with Gasteiger partial charge in [0.1, 0.15) is 5.76 Å². The molecule has 0 saturated heterocycles. The third kappa shape index (κ3) is 3.62. The highest BCUT2D eigenvalue weighted by Gasteiger charge is 2.06. The van der Waals surface area contributed by atoms with Crippen molar-refractivity contribution in [1.29, 1.82) is 0 Å². The SMILES string of the molecule is CCC.CCc1noc(CC)c1C. The summed E-state index contributed by atoms with van der Waals surface area (Å²) in [6, 6.07) is 0. The van der Waals surface area contributed by atoms with Gasteiger partial charge in [-0.1, -0.05) is 39.3 Å². The third-order valence-corrected chi connectivity index (χ3v) is 1.77. The van der Waals surface area contributed by atoms with Crippen LogP contribution in [0.4, 0.5) is 0 Å². The van der Waals surface area contributed by atoms with E-state index in [1.807, 2.05) is 0 Å². The normalized spacial score (nSPS) is 9.31. The highest BCUT2D eigenvalue weighted by molar-refractivity contribution is 5.20. The Bertz CT molecular complexity index is 206. The highest BCUT2D eigenvalue weighted by atomic mass is 16.5. The van der Waals surface area contributed by atoms with E-state index in [2.05, 4.69) is 39.8 Å². The van der Waals surface area contributed by atoms with Gasteiger partial charge in [-0.05, 0) is 13.3 Å². The highest BCUT2D eigenvalue weighted by Crippen LogP contribution is 2.12. The van der Waals surface area contributed by atoms with Crippen LogP contribution in [0.25, 0.3) is 0 Å². The van der Waals surface area contributed by atoms with Crippen LogP contribution >= 0.6 is 0 Å². The molecule has 0 radical (unpaired) electrons. The molecule has 1 rings (SSSR count). The fourth-order valence-electron chi connectivity index (χ4n) is 1.07. The Morgan fingerprint density at radius 3 is 1.85 bits per heavy atom. The molecule has 1 heterocycles. The molecule has 0 aliphatic heterocycles. The summed E-state index contributed by atoms with van der Waals surface area (Å²) in [5.41, 5.74) is 2.32. The van der Waals surface area contributed by atoms with Crippen LogP contribution in [0.15, 0.2) is 4.52 Å². The molecule has 0 spiro atoms. The third-order valence-electron chi connectivity index (χ3n) is 1.77. The Kier molecular flexibility index (Phi) is 6.29. The summed E-state index contributed by atoms with van der Waals surface area (Å²) in [5.74, 6) is 1.02. The molecule has 0 atom stereocenters. The van der Waals surface area contributed by atoms with Crippen LogP contribution in [0, 0.1) is 6.92 Å². The maximum Gasteiger partial charge on any atom is 0.139 e. The molecule has 0 aromatic carbocycles. The predicted octanol–water partition coefficient (Wildman–Crippen LogP) is 3.52. The zero-order valence-corrected chi connectivity index (χ0v) is 9.48. The molecule has 0 saturated carbocycles. The smallest absolute Gasteiger partial charge is 0.139 e. The van der Waals surface area contributed by atoms with Crippen molar-refractivity contribution in [3.63, 3.8) is 0 Å². The molecular formula is C11H21NO. The van der Waals surface area contributed by atoms with E-state index >= 15 is 0 Å². The quantitative estimate of drug-likeness (QED) is 0.701. The van der Waals surface area contributed by atoms with Crippen molar-refractivity contribution in [2.45, 2.75) is 53.9 Å². The Labute approximate surface area is 81.3 Å². The van der Waals surface area contributed by atoms with E-state index in [1.54, 1.807) is 0 Å². The second-order valence-corrected chi connectivity index (χ2v) is 3.09. The predicted molar refractivity (Wildman–Crippen MR) is 56.0 cm³/mol. The van der Waals surface area contributed by atoms with Gasteiger partial charge in [-0.3, -0.25) is 0 Å². The summed E-state index contributed by atoms with van der Waals surface area (Å²) in [6.45, 7) is 10.5. The van der Waals surface area contributed by atoms with Crippen LogP contribution in [-0.2, 0) is 12.8 Å². The van der Waals surface area contributed by atoms with Gasteiger partial charge >= 0.3 is 0 Å². The molecule has 0 aliphatic carbocycles. The second kappa shape index (κ2) is 6.70.